The molecule has 1 heterocycles. The molecule has 1 aromatic heterocycles. The smallest absolute Gasteiger partial charge is 0.128 e. The van der Waals surface area contributed by atoms with E-state index in [0.717, 1.165) is 23.4 Å². The summed E-state index contributed by atoms with van der Waals surface area (Å²) in [5, 5.41) is 24.2. The fourth-order valence-corrected chi connectivity index (χ4v) is 2.48. The van der Waals surface area contributed by atoms with Crippen molar-refractivity contribution in [1.29, 1.82) is 0 Å². The molecule has 2 aromatic carbocycles. The highest BCUT2D eigenvalue weighted by Gasteiger charge is 2.16. The molecular formula is C18H18N2O3. The monoisotopic (exact) mass is 310 g/mol. The van der Waals surface area contributed by atoms with E-state index in [-0.39, 0.29) is 11.5 Å². The molecule has 5 heteroatoms. The van der Waals surface area contributed by atoms with E-state index in [1.165, 1.54) is 12.1 Å². The van der Waals surface area contributed by atoms with Crippen LogP contribution in [0, 0.1) is 0 Å². The largest absolute Gasteiger partial charge is 0.508 e. The van der Waals surface area contributed by atoms with Gasteiger partial charge in [-0.25, -0.2) is 0 Å². The van der Waals surface area contributed by atoms with Gasteiger partial charge in [-0.15, -0.1) is 0 Å². The van der Waals surface area contributed by atoms with Crippen LogP contribution in [0.4, 0.5) is 0 Å². The van der Waals surface area contributed by atoms with Gasteiger partial charge in [-0.3, -0.25) is 4.68 Å². The molecule has 0 saturated heterocycles. The topological polar surface area (TPSA) is 67.5 Å². The van der Waals surface area contributed by atoms with Crippen LogP contribution in [0.25, 0.3) is 22.4 Å². The zero-order chi connectivity index (χ0) is 16.4. The molecule has 23 heavy (non-hydrogen) atoms. The van der Waals surface area contributed by atoms with Crippen molar-refractivity contribution < 1.29 is 14.9 Å². The van der Waals surface area contributed by atoms with Crippen LogP contribution in [0.5, 0.6) is 17.2 Å². The number of aromatic nitrogens is 2. The van der Waals surface area contributed by atoms with Crippen LogP contribution in [0.3, 0.4) is 0 Å². The highest BCUT2D eigenvalue weighted by atomic mass is 16.5. The van der Waals surface area contributed by atoms with Crippen molar-refractivity contribution >= 4 is 0 Å². The van der Waals surface area contributed by atoms with Crippen LogP contribution in [0.15, 0.2) is 48.7 Å². The minimum atomic E-state index is 0.00103. The minimum absolute atomic E-state index is 0.00103. The molecule has 0 atom stereocenters. The van der Waals surface area contributed by atoms with Crippen molar-refractivity contribution in [2.45, 2.75) is 13.5 Å². The number of methoxy groups -OCH3 is 1. The Bertz CT molecular complexity index is 823. The van der Waals surface area contributed by atoms with Crippen LogP contribution in [-0.2, 0) is 6.54 Å². The summed E-state index contributed by atoms with van der Waals surface area (Å²) in [5.74, 6) is 0.805. The fraction of sp³-hybridized carbons (Fsp3) is 0.167. The van der Waals surface area contributed by atoms with Gasteiger partial charge in [0.05, 0.1) is 7.11 Å². The molecule has 0 aliphatic carbocycles. The first-order valence-electron chi connectivity index (χ1n) is 7.36. The van der Waals surface area contributed by atoms with Crippen LogP contribution < -0.4 is 4.74 Å². The maximum absolute atomic E-state index is 10.2. The van der Waals surface area contributed by atoms with Gasteiger partial charge in [0.15, 0.2) is 0 Å². The zero-order valence-electron chi connectivity index (χ0n) is 13.0. The molecule has 2 N–H and O–H groups in total. The Labute approximate surface area is 134 Å². The highest BCUT2D eigenvalue weighted by Crippen LogP contribution is 2.37. The lowest BCUT2D eigenvalue weighted by molar-refractivity contribution is 0.415. The third kappa shape index (κ3) is 2.85. The zero-order valence-corrected chi connectivity index (χ0v) is 13.0. The Kier molecular flexibility index (Phi) is 3.93. The Morgan fingerprint density at radius 3 is 2.39 bits per heavy atom. The van der Waals surface area contributed by atoms with E-state index >= 15 is 0 Å². The predicted octanol–water partition coefficient (Wildman–Crippen LogP) is 3.66. The lowest BCUT2D eigenvalue weighted by atomic mass is 10.0. The summed E-state index contributed by atoms with van der Waals surface area (Å²) in [4.78, 5) is 0. The number of benzene rings is 2. The van der Waals surface area contributed by atoms with Gasteiger partial charge < -0.3 is 14.9 Å². The van der Waals surface area contributed by atoms with Gasteiger partial charge in [0.1, 0.15) is 22.9 Å². The standard InChI is InChI=1S/C18H18N2O3/c1-3-20-11-16(12-4-7-14(23-2)8-5-12)18(19-20)15-9-6-13(21)10-17(15)22/h4-11,21-22H,3H2,1-2H3. The number of rotatable bonds is 4. The van der Waals surface area contributed by atoms with Crippen molar-refractivity contribution in [3.05, 3.63) is 48.7 Å². The van der Waals surface area contributed by atoms with E-state index in [1.54, 1.807) is 13.2 Å². The van der Waals surface area contributed by atoms with Crippen LogP contribution in [0.2, 0.25) is 0 Å². The molecule has 0 spiro atoms. The second-order valence-corrected chi connectivity index (χ2v) is 5.18. The maximum atomic E-state index is 10.2. The second-order valence-electron chi connectivity index (χ2n) is 5.18. The van der Waals surface area contributed by atoms with E-state index in [1.807, 2.05) is 42.1 Å². The van der Waals surface area contributed by atoms with Crippen LogP contribution in [-0.4, -0.2) is 27.1 Å². The molecule has 3 aromatic rings. The third-order valence-electron chi connectivity index (χ3n) is 3.72. The number of ether oxygens (including phenoxy) is 1. The second kappa shape index (κ2) is 6.04. The summed E-state index contributed by atoms with van der Waals surface area (Å²) in [5.41, 5.74) is 3.15. The molecular weight excluding hydrogens is 292 g/mol. The molecule has 0 aliphatic rings. The number of nitrogens with zero attached hydrogens (tertiary/aromatic N) is 2. The number of hydrogen-bond acceptors (Lipinski definition) is 4. The lowest BCUT2D eigenvalue weighted by Crippen LogP contribution is -1.93. The summed E-state index contributed by atoms with van der Waals surface area (Å²) in [6.45, 7) is 2.73. The predicted molar refractivity (Wildman–Crippen MR) is 88.7 cm³/mol. The van der Waals surface area contributed by atoms with Gasteiger partial charge in [0.25, 0.3) is 0 Å². The highest BCUT2D eigenvalue weighted by molar-refractivity contribution is 5.83. The van der Waals surface area contributed by atoms with Gasteiger partial charge >= 0.3 is 0 Å². The van der Waals surface area contributed by atoms with Crippen molar-refractivity contribution in [2.24, 2.45) is 0 Å². The molecule has 0 amide bonds. The van der Waals surface area contributed by atoms with Crippen molar-refractivity contribution in [2.75, 3.05) is 7.11 Å². The number of hydrogen-bond donors (Lipinski definition) is 2. The summed E-state index contributed by atoms with van der Waals surface area (Å²) in [7, 11) is 1.63. The van der Waals surface area contributed by atoms with Crippen LogP contribution in [0.1, 0.15) is 6.92 Å². The van der Waals surface area contributed by atoms with E-state index in [2.05, 4.69) is 5.10 Å². The first-order chi connectivity index (χ1) is 11.1. The Morgan fingerprint density at radius 2 is 1.78 bits per heavy atom. The molecule has 0 fully saturated rings. The number of phenols is 2. The third-order valence-corrected chi connectivity index (χ3v) is 3.72. The van der Waals surface area contributed by atoms with Gasteiger partial charge in [0.2, 0.25) is 0 Å². The van der Waals surface area contributed by atoms with E-state index in [4.69, 9.17) is 4.74 Å². The molecule has 3 rings (SSSR count). The Hall–Kier alpha value is -2.95. The van der Waals surface area contributed by atoms with E-state index in [9.17, 15) is 10.2 Å². The summed E-state index contributed by atoms with van der Waals surface area (Å²) >= 11 is 0. The molecule has 0 unspecified atom stereocenters. The minimum Gasteiger partial charge on any atom is -0.508 e. The first kappa shape index (κ1) is 15.0. The summed E-state index contributed by atoms with van der Waals surface area (Å²) in [6.07, 6.45) is 1.95. The molecule has 0 aliphatic heterocycles. The summed E-state index contributed by atoms with van der Waals surface area (Å²) in [6, 6.07) is 12.2. The quantitative estimate of drug-likeness (QED) is 0.772. The average Bonchev–Trinajstić information content (AvgIpc) is 2.99. The van der Waals surface area contributed by atoms with Crippen molar-refractivity contribution in [3.8, 4) is 39.6 Å². The normalized spacial score (nSPS) is 10.7. The number of phenolic OH excluding ortho intramolecular Hbond substituents is 2. The summed E-state index contributed by atoms with van der Waals surface area (Å²) < 4.78 is 7.01. The molecule has 0 radical (unpaired) electrons. The van der Waals surface area contributed by atoms with Crippen molar-refractivity contribution in [1.82, 2.24) is 9.78 Å². The van der Waals surface area contributed by atoms with Gasteiger partial charge in [-0.05, 0) is 36.8 Å². The SMILES string of the molecule is CCn1cc(-c2ccc(OC)cc2)c(-c2ccc(O)cc2O)n1. The lowest BCUT2D eigenvalue weighted by Gasteiger charge is -2.06. The Balaban J connectivity index is 2.14. The van der Waals surface area contributed by atoms with E-state index in [0.29, 0.717) is 11.3 Å². The molecule has 5 nitrogen and oxygen atoms in total. The fourth-order valence-electron chi connectivity index (χ4n) is 2.48. The average molecular weight is 310 g/mol. The van der Waals surface area contributed by atoms with Crippen molar-refractivity contribution in [3.63, 3.8) is 0 Å². The molecule has 118 valence electrons. The van der Waals surface area contributed by atoms with Gasteiger partial charge in [-0.2, -0.15) is 5.10 Å². The number of aryl methyl sites for hydroxylation is 1. The van der Waals surface area contributed by atoms with Gasteiger partial charge in [0, 0.05) is 29.9 Å². The molecule has 0 bridgehead atoms. The maximum Gasteiger partial charge on any atom is 0.128 e. The van der Waals surface area contributed by atoms with Crippen LogP contribution >= 0.6 is 0 Å². The van der Waals surface area contributed by atoms with Gasteiger partial charge in [-0.1, -0.05) is 12.1 Å². The Morgan fingerprint density at radius 1 is 1.04 bits per heavy atom. The van der Waals surface area contributed by atoms with E-state index < -0.39 is 0 Å². The first-order valence-corrected chi connectivity index (χ1v) is 7.36. The molecule has 0 saturated carbocycles. The number of aromatic hydroxyl groups is 2.